The first-order valence-corrected chi connectivity index (χ1v) is 11.7. The Balaban J connectivity index is 1.70. The third-order valence-corrected chi connectivity index (χ3v) is 6.96. The van der Waals surface area contributed by atoms with Crippen molar-refractivity contribution in [3.63, 3.8) is 0 Å². The van der Waals surface area contributed by atoms with Crippen molar-refractivity contribution in [1.82, 2.24) is 19.5 Å². The van der Waals surface area contributed by atoms with Crippen LogP contribution in [0.1, 0.15) is 29.6 Å². The van der Waals surface area contributed by atoms with Crippen LogP contribution >= 0.6 is 11.3 Å². The first kappa shape index (κ1) is 21.4. The third-order valence-electron chi connectivity index (χ3n) is 4.39. The van der Waals surface area contributed by atoms with Gasteiger partial charge in [-0.3, -0.25) is 4.79 Å². The molecule has 2 aromatic heterocycles. The van der Waals surface area contributed by atoms with Gasteiger partial charge >= 0.3 is 0 Å². The zero-order chi connectivity index (χ0) is 21.0. The molecule has 3 aromatic rings. The molecule has 0 fully saturated rings. The van der Waals surface area contributed by atoms with Crippen LogP contribution in [-0.2, 0) is 23.0 Å². The van der Waals surface area contributed by atoms with Crippen molar-refractivity contribution in [2.45, 2.75) is 45.1 Å². The molecule has 0 unspecified atom stereocenters. The van der Waals surface area contributed by atoms with E-state index in [1.165, 1.54) is 22.1 Å². The SMILES string of the molecule is CCCc1ccc(S(=O)(=O)NCCn2nc(-c3sc(C)nc3C)ccc2=O)cc1. The maximum absolute atomic E-state index is 12.5. The highest BCUT2D eigenvalue weighted by molar-refractivity contribution is 7.89. The largest absolute Gasteiger partial charge is 0.268 e. The summed E-state index contributed by atoms with van der Waals surface area (Å²) in [4.78, 5) is 17.6. The van der Waals surface area contributed by atoms with Crippen molar-refractivity contribution in [3.05, 3.63) is 63.0 Å². The molecule has 154 valence electrons. The number of rotatable bonds is 8. The topological polar surface area (TPSA) is 93.9 Å². The van der Waals surface area contributed by atoms with Crippen molar-refractivity contribution < 1.29 is 8.42 Å². The zero-order valence-electron chi connectivity index (χ0n) is 16.7. The molecular weight excluding hydrogens is 408 g/mol. The van der Waals surface area contributed by atoms with Gasteiger partial charge in [-0.25, -0.2) is 22.8 Å². The van der Waals surface area contributed by atoms with Gasteiger partial charge in [-0.1, -0.05) is 25.5 Å². The second-order valence-corrected chi connectivity index (χ2v) is 9.69. The highest BCUT2D eigenvalue weighted by Gasteiger charge is 2.14. The third kappa shape index (κ3) is 5.17. The first-order chi connectivity index (χ1) is 13.8. The van der Waals surface area contributed by atoms with Crippen molar-refractivity contribution in [2.75, 3.05) is 6.54 Å². The summed E-state index contributed by atoms with van der Waals surface area (Å²) in [7, 11) is -3.64. The molecule has 1 aromatic carbocycles. The van der Waals surface area contributed by atoms with E-state index in [1.54, 1.807) is 18.2 Å². The number of sulfonamides is 1. The van der Waals surface area contributed by atoms with Gasteiger partial charge in [-0.05, 0) is 44.0 Å². The molecule has 3 rings (SSSR count). The number of hydrogen-bond acceptors (Lipinski definition) is 6. The van der Waals surface area contributed by atoms with Crippen LogP contribution in [0.3, 0.4) is 0 Å². The lowest BCUT2D eigenvalue weighted by Gasteiger charge is -2.09. The molecular formula is C20H24N4O3S2. The smallest absolute Gasteiger partial charge is 0.266 e. The standard InChI is InChI=1S/C20H24N4O3S2/c1-4-5-16-6-8-17(9-7-16)29(26,27)21-12-13-24-19(25)11-10-18(23-24)20-14(2)22-15(3)28-20/h6-11,21H,4-5,12-13H2,1-3H3. The fraction of sp³-hybridized carbons (Fsp3) is 0.350. The van der Waals surface area contributed by atoms with Gasteiger partial charge in [-0.15, -0.1) is 11.3 Å². The summed E-state index contributed by atoms with van der Waals surface area (Å²) in [6.45, 7) is 6.10. The van der Waals surface area contributed by atoms with E-state index in [4.69, 9.17) is 0 Å². The zero-order valence-corrected chi connectivity index (χ0v) is 18.3. The Morgan fingerprint density at radius 1 is 1.10 bits per heavy atom. The number of aromatic nitrogens is 3. The molecule has 1 N–H and O–H groups in total. The minimum absolute atomic E-state index is 0.0656. The number of hydrogen-bond donors (Lipinski definition) is 1. The van der Waals surface area contributed by atoms with E-state index < -0.39 is 10.0 Å². The highest BCUT2D eigenvalue weighted by Crippen LogP contribution is 2.27. The molecule has 0 saturated carbocycles. The summed E-state index contributed by atoms with van der Waals surface area (Å²) in [5.74, 6) is 0. The molecule has 0 bridgehead atoms. The number of aryl methyl sites for hydroxylation is 3. The molecule has 29 heavy (non-hydrogen) atoms. The van der Waals surface area contributed by atoms with E-state index in [0.717, 1.165) is 34.0 Å². The Morgan fingerprint density at radius 2 is 1.83 bits per heavy atom. The molecule has 0 aliphatic heterocycles. The Hall–Kier alpha value is -2.36. The molecule has 9 heteroatoms. The number of nitrogens with one attached hydrogen (secondary N) is 1. The van der Waals surface area contributed by atoms with Gasteiger partial charge in [0.05, 0.1) is 27.0 Å². The fourth-order valence-electron chi connectivity index (χ4n) is 2.99. The predicted molar refractivity (Wildman–Crippen MR) is 115 cm³/mol. The molecule has 0 spiro atoms. The van der Waals surface area contributed by atoms with Crippen LogP contribution in [0, 0.1) is 13.8 Å². The highest BCUT2D eigenvalue weighted by atomic mass is 32.2. The monoisotopic (exact) mass is 432 g/mol. The van der Waals surface area contributed by atoms with Crippen molar-refractivity contribution in [1.29, 1.82) is 0 Å². The van der Waals surface area contributed by atoms with E-state index >= 15 is 0 Å². The summed E-state index contributed by atoms with van der Waals surface area (Å²) in [5, 5.41) is 5.31. The second kappa shape index (κ2) is 8.98. The van der Waals surface area contributed by atoms with E-state index in [1.807, 2.05) is 26.0 Å². The fourth-order valence-corrected chi connectivity index (χ4v) is 4.90. The van der Waals surface area contributed by atoms with Crippen LogP contribution in [-0.4, -0.2) is 29.7 Å². The second-order valence-electron chi connectivity index (χ2n) is 6.72. The minimum atomic E-state index is -3.64. The van der Waals surface area contributed by atoms with E-state index in [9.17, 15) is 13.2 Å². The van der Waals surface area contributed by atoms with E-state index in [-0.39, 0.29) is 23.5 Å². The lowest BCUT2D eigenvalue weighted by Crippen LogP contribution is -2.32. The molecule has 0 aliphatic carbocycles. The summed E-state index contributed by atoms with van der Waals surface area (Å²) >= 11 is 1.51. The van der Waals surface area contributed by atoms with Crippen molar-refractivity contribution in [3.8, 4) is 10.6 Å². The number of benzene rings is 1. The number of thiazole rings is 1. The van der Waals surface area contributed by atoms with Gasteiger partial charge in [-0.2, -0.15) is 5.10 Å². The molecule has 0 amide bonds. The molecule has 0 saturated heterocycles. The minimum Gasteiger partial charge on any atom is -0.268 e. The molecule has 2 heterocycles. The van der Waals surface area contributed by atoms with Gasteiger partial charge < -0.3 is 0 Å². The van der Waals surface area contributed by atoms with E-state index in [0.29, 0.717) is 5.69 Å². The Kier molecular flexibility index (Phi) is 6.61. The summed E-state index contributed by atoms with van der Waals surface area (Å²) in [5.41, 5.74) is 2.34. The van der Waals surface area contributed by atoms with Gasteiger partial charge in [0.1, 0.15) is 5.69 Å². The Labute approximate surface area is 174 Å². The van der Waals surface area contributed by atoms with Crippen LogP contribution in [0.25, 0.3) is 10.6 Å². The quantitative estimate of drug-likeness (QED) is 0.591. The summed E-state index contributed by atoms with van der Waals surface area (Å²) in [6, 6.07) is 9.97. The lowest BCUT2D eigenvalue weighted by molar-refractivity contribution is 0.549. The van der Waals surface area contributed by atoms with E-state index in [2.05, 4.69) is 21.7 Å². The Morgan fingerprint density at radius 3 is 2.45 bits per heavy atom. The molecule has 0 aliphatic rings. The van der Waals surface area contributed by atoms with Crippen LogP contribution in [0.2, 0.25) is 0 Å². The molecule has 0 atom stereocenters. The van der Waals surface area contributed by atoms with Crippen LogP contribution < -0.4 is 10.3 Å². The first-order valence-electron chi connectivity index (χ1n) is 9.41. The average molecular weight is 433 g/mol. The molecule has 7 nitrogen and oxygen atoms in total. The normalized spacial score (nSPS) is 11.7. The van der Waals surface area contributed by atoms with Crippen molar-refractivity contribution in [2.24, 2.45) is 0 Å². The van der Waals surface area contributed by atoms with Crippen molar-refractivity contribution >= 4 is 21.4 Å². The number of nitrogens with zero attached hydrogens (tertiary/aromatic N) is 3. The molecule has 0 radical (unpaired) electrons. The Bertz CT molecular complexity index is 1150. The van der Waals surface area contributed by atoms with Crippen LogP contribution in [0.15, 0.2) is 46.1 Å². The maximum Gasteiger partial charge on any atom is 0.266 e. The lowest BCUT2D eigenvalue weighted by atomic mass is 10.1. The maximum atomic E-state index is 12.5. The van der Waals surface area contributed by atoms with Crippen LogP contribution in [0.5, 0.6) is 0 Å². The van der Waals surface area contributed by atoms with Crippen LogP contribution in [0.4, 0.5) is 0 Å². The summed E-state index contributed by atoms with van der Waals surface area (Å²) < 4.78 is 28.8. The van der Waals surface area contributed by atoms with Gasteiger partial charge in [0.15, 0.2) is 0 Å². The van der Waals surface area contributed by atoms with Gasteiger partial charge in [0.25, 0.3) is 5.56 Å². The van der Waals surface area contributed by atoms with Gasteiger partial charge in [0, 0.05) is 12.6 Å². The average Bonchev–Trinajstić information content (AvgIpc) is 3.02. The van der Waals surface area contributed by atoms with Gasteiger partial charge in [0.2, 0.25) is 10.0 Å². The summed E-state index contributed by atoms with van der Waals surface area (Å²) in [6.07, 6.45) is 1.92. The predicted octanol–water partition coefficient (Wildman–Crippen LogP) is 2.91.